The summed E-state index contributed by atoms with van der Waals surface area (Å²) in [4.78, 5) is 23.0. The first-order valence-corrected chi connectivity index (χ1v) is 11.4. The molecule has 9 heteroatoms. The van der Waals surface area contributed by atoms with E-state index in [-0.39, 0.29) is 5.91 Å². The fourth-order valence-corrected chi connectivity index (χ4v) is 5.22. The van der Waals surface area contributed by atoms with Crippen LogP contribution in [0.4, 0.5) is 5.13 Å². The molecule has 1 fully saturated rings. The number of ether oxygens (including phenoxy) is 1. The van der Waals surface area contributed by atoms with Gasteiger partial charge in [-0.15, -0.1) is 5.10 Å². The van der Waals surface area contributed by atoms with Gasteiger partial charge in [0.15, 0.2) is 5.13 Å². The molecule has 1 saturated heterocycles. The van der Waals surface area contributed by atoms with Crippen LogP contribution in [0.5, 0.6) is 0 Å². The standard InChI is InChI=1S/C20H25N5O2S2/c1-13-5-6-14(2)17-16(13)21-20(28-17)25(19(26)18-15(3)22-23-29-18)8-4-7-24-9-11-27-12-10-24/h5-6H,4,7-12H2,1-3H3. The van der Waals surface area contributed by atoms with Crippen LogP contribution >= 0.6 is 22.9 Å². The number of hydrogen-bond donors (Lipinski definition) is 0. The molecule has 3 heterocycles. The molecule has 4 rings (SSSR count). The number of benzene rings is 1. The van der Waals surface area contributed by atoms with E-state index in [2.05, 4.69) is 40.5 Å². The van der Waals surface area contributed by atoms with Gasteiger partial charge in [0.05, 0.1) is 29.1 Å². The van der Waals surface area contributed by atoms with Crippen LogP contribution in [0.2, 0.25) is 0 Å². The molecule has 1 aliphatic rings. The average molecular weight is 432 g/mol. The molecule has 1 aliphatic heterocycles. The van der Waals surface area contributed by atoms with Crippen molar-refractivity contribution < 1.29 is 9.53 Å². The van der Waals surface area contributed by atoms with Crippen molar-refractivity contribution in [2.45, 2.75) is 27.2 Å². The van der Waals surface area contributed by atoms with Crippen molar-refractivity contribution >= 4 is 44.1 Å². The summed E-state index contributed by atoms with van der Waals surface area (Å²) in [6.07, 6.45) is 0.880. The largest absolute Gasteiger partial charge is 0.379 e. The van der Waals surface area contributed by atoms with Crippen LogP contribution in [0, 0.1) is 20.8 Å². The van der Waals surface area contributed by atoms with Crippen molar-refractivity contribution in [2.75, 3.05) is 44.3 Å². The van der Waals surface area contributed by atoms with Gasteiger partial charge in [0.1, 0.15) is 4.88 Å². The first kappa shape index (κ1) is 20.3. The van der Waals surface area contributed by atoms with Crippen LogP contribution in [0.1, 0.15) is 32.9 Å². The molecule has 0 unspecified atom stereocenters. The number of aromatic nitrogens is 3. The highest BCUT2D eigenvalue weighted by atomic mass is 32.1. The van der Waals surface area contributed by atoms with E-state index in [0.29, 0.717) is 17.1 Å². The van der Waals surface area contributed by atoms with E-state index in [1.165, 1.54) is 5.56 Å². The predicted molar refractivity (Wildman–Crippen MR) is 117 cm³/mol. The molecule has 7 nitrogen and oxygen atoms in total. The Balaban J connectivity index is 1.61. The third-order valence-corrected chi connectivity index (χ3v) is 7.24. The van der Waals surface area contributed by atoms with Crippen LogP contribution in [0.15, 0.2) is 12.1 Å². The lowest BCUT2D eigenvalue weighted by Gasteiger charge is -2.27. The molecule has 3 aromatic rings. The summed E-state index contributed by atoms with van der Waals surface area (Å²) in [6, 6.07) is 4.20. The SMILES string of the molecule is Cc1nnsc1C(=O)N(CCCN1CCOCC1)c1nc2c(C)ccc(C)c2s1. The summed E-state index contributed by atoms with van der Waals surface area (Å²) >= 11 is 2.74. The third-order valence-electron chi connectivity index (χ3n) is 5.21. The Labute approximate surface area is 178 Å². The third kappa shape index (κ3) is 4.32. The zero-order valence-corrected chi connectivity index (χ0v) is 18.6. The number of anilines is 1. The van der Waals surface area contributed by atoms with Crippen LogP contribution in [0.25, 0.3) is 10.2 Å². The molecule has 0 spiro atoms. The second-order valence-corrected chi connectivity index (χ2v) is 9.06. The fourth-order valence-electron chi connectivity index (χ4n) is 3.48. The number of morpholine rings is 1. The minimum Gasteiger partial charge on any atom is -0.379 e. The number of amides is 1. The van der Waals surface area contributed by atoms with Crippen LogP contribution in [0.3, 0.4) is 0 Å². The maximum absolute atomic E-state index is 13.3. The molecule has 0 saturated carbocycles. The van der Waals surface area contributed by atoms with Gasteiger partial charge in [0.2, 0.25) is 0 Å². The van der Waals surface area contributed by atoms with Gasteiger partial charge in [-0.2, -0.15) is 0 Å². The van der Waals surface area contributed by atoms with Crippen molar-refractivity contribution in [1.82, 2.24) is 19.5 Å². The predicted octanol–water partition coefficient (Wildman–Crippen LogP) is 3.44. The van der Waals surface area contributed by atoms with Crippen molar-refractivity contribution in [1.29, 1.82) is 0 Å². The summed E-state index contributed by atoms with van der Waals surface area (Å²) < 4.78 is 10.5. The van der Waals surface area contributed by atoms with Gasteiger partial charge < -0.3 is 4.74 Å². The van der Waals surface area contributed by atoms with E-state index in [0.717, 1.165) is 71.7 Å². The lowest BCUT2D eigenvalue weighted by atomic mass is 10.1. The summed E-state index contributed by atoms with van der Waals surface area (Å²) in [5, 5.41) is 4.77. The summed E-state index contributed by atoms with van der Waals surface area (Å²) in [7, 11) is 0. The van der Waals surface area contributed by atoms with Crippen molar-refractivity contribution in [3.63, 3.8) is 0 Å². The quantitative estimate of drug-likeness (QED) is 0.595. The number of carbonyl (C=O) groups excluding carboxylic acids is 1. The number of aryl methyl sites for hydroxylation is 3. The minimum absolute atomic E-state index is 0.0613. The number of carbonyl (C=O) groups is 1. The number of rotatable bonds is 6. The van der Waals surface area contributed by atoms with Crippen molar-refractivity contribution in [2.24, 2.45) is 0 Å². The molecular weight excluding hydrogens is 406 g/mol. The lowest BCUT2D eigenvalue weighted by Crippen LogP contribution is -2.39. The topological polar surface area (TPSA) is 71.5 Å². The van der Waals surface area contributed by atoms with Gasteiger partial charge in [0, 0.05) is 26.2 Å². The maximum atomic E-state index is 13.3. The molecule has 2 aromatic heterocycles. The Morgan fingerprint density at radius 3 is 2.66 bits per heavy atom. The van der Waals surface area contributed by atoms with Crippen molar-refractivity contribution in [3.05, 3.63) is 33.8 Å². The highest BCUT2D eigenvalue weighted by molar-refractivity contribution is 7.22. The monoisotopic (exact) mass is 431 g/mol. The summed E-state index contributed by atoms with van der Waals surface area (Å²) in [6.45, 7) is 11.0. The molecule has 154 valence electrons. The Bertz CT molecular complexity index is 971. The van der Waals surface area contributed by atoms with E-state index in [1.54, 1.807) is 11.3 Å². The molecule has 0 radical (unpaired) electrons. The normalized spacial score (nSPS) is 15.1. The minimum atomic E-state index is -0.0613. The lowest BCUT2D eigenvalue weighted by molar-refractivity contribution is 0.0376. The maximum Gasteiger partial charge on any atom is 0.273 e. The van der Waals surface area contributed by atoms with Crippen LogP contribution in [-0.4, -0.2) is 64.8 Å². The smallest absolute Gasteiger partial charge is 0.273 e. The van der Waals surface area contributed by atoms with Gasteiger partial charge in [-0.3, -0.25) is 14.6 Å². The van der Waals surface area contributed by atoms with E-state index < -0.39 is 0 Å². The second kappa shape index (κ2) is 8.83. The zero-order chi connectivity index (χ0) is 20.4. The first-order valence-electron chi connectivity index (χ1n) is 9.82. The molecule has 1 aromatic carbocycles. The number of nitrogens with zero attached hydrogens (tertiary/aromatic N) is 5. The van der Waals surface area contributed by atoms with Gasteiger partial charge in [-0.1, -0.05) is 28.0 Å². The van der Waals surface area contributed by atoms with E-state index in [4.69, 9.17) is 9.72 Å². The highest BCUT2D eigenvalue weighted by Crippen LogP contribution is 2.34. The molecule has 1 amide bonds. The Kier molecular flexibility index (Phi) is 6.19. The number of thiazole rings is 1. The Morgan fingerprint density at radius 1 is 1.21 bits per heavy atom. The van der Waals surface area contributed by atoms with Gasteiger partial charge in [0.25, 0.3) is 5.91 Å². The molecule has 0 atom stereocenters. The van der Waals surface area contributed by atoms with Gasteiger partial charge in [-0.25, -0.2) is 4.98 Å². The summed E-state index contributed by atoms with van der Waals surface area (Å²) in [5.41, 5.74) is 3.97. The fraction of sp³-hybridized carbons (Fsp3) is 0.500. The van der Waals surface area contributed by atoms with Crippen LogP contribution in [-0.2, 0) is 4.74 Å². The molecule has 0 bridgehead atoms. The average Bonchev–Trinajstić information content (AvgIpc) is 3.36. The molecule has 29 heavy (non-hydrogen) atoms. The van der Waals surface area contributed by atoms with Gasteiger partial charge >= 0.3 is 0 Å². The Hall–Kier alpha value is -1.94. The molecular formula is C20H25N5O2S2. The first-order chi connectivity index (χ1) is 14.0. The van der Waals surface area contributed by atoms with Crippen LogP contribution < -0.4 is 4.90 Å². The van der Waals surface area contributed by atoms with E-state index in [1.807, 2.05) is 11.8 Å². The van der Waals surface area contributed by atoms with E-state index >= 15 is 0 Å². The molecule has 0 N–H and O–H groups in total. The van der Waals surface area contributed by atoms with Gasteiger partial charge in [-0.05, 0) is 49.9 Å². The second-order valence-electron chi connectivity index (χ2n) is 7.33. The van der Waals surface area contributed by atoms with Crippen molar-refractivity contribution in [3.8, 4) is 0 Å². The highest BCUT2D eigenvalue weighted by Gasteiger charge is 2.25. The van der Waals surface area contributed by atoms with E-state index in [9.17, 15) is 4.79 Å². The number of fused-ring (bicyclic) bond motifs is 1. The zero-order valence-electron chi connectivity index (χ0n) is 17.0. The summed E-state index contributed by atoms with van der Waals surface area (Å²) in [5.74, 6) is -0.0613. The number of hydrogen-bond acceptors (Lipinski definition) is 8. The molecule has 0 aliphatic carbocycles. The Morgan fingerprint density at radius 2 is 1.97 bits per heavy atom.